The zero-order valence-corrected chi connectivity index (χ0v) is 6.66. The van der Waals surface area contributed by atoms with E-state index in [0.29, 0.717) is 0 Å². The lowest BCUT2D eigenvalue weighted by molar-refractivity contribution is -0.0757. The Labute approximate surface area is 66.8 Å². The second-order valence-corrected chi connectivity index (χ2v) is 5.41. The molecule has 5 aliphatic rings. The lowest BCUT2D eigenvalue weighted by atomic mass is 9.65. The molecule has 4 atom stereocenters. The first-order valence-corrected chi connectivity index (χ1v) is 4.99. The van der Waals surface area contributed by atoms with Crippen molar-refractivity contribution in [3.05, 3.63) is 0 Å². The fraction of sp³-hybridized carbons (Fsp3) is 1.00. The molecule has 0 amide bonds. The zero-order chi connectivity index (χ0) is 7.22. The van der Waals surface area contributed by atoms with Gasteiger partial charge in [-0.1, -0.05) is 0 Å². The Morgan fingerprint density at radius 2 is 1.64 bits per heavy atom. The highest BCUT2D eigenvalue weighted by atomic mass is 16.3. The molecule has 1 heteroatoms. The van der Waals surface area contributed by atoms with E-state index in [2.05, 4.69) is 0 Å². The molecule has 0 aliphatic heterocycles. The quantitative estimate of drug-likeness (QED) is 0.553. The second kappa shape index (κ2) is 1.28. The summed E-state index contributed by atoms with van der Waals surface area (Å²) < 4.78 is 0. The van der Waals surface area contributed by atoms with Gasteiger partial charge in [-0.3, -0.25) is 0 Å². The van der Waals surface area contributed by atoms with Gasteiger partial charge in [0, 0.05) is 0 Å². The number of hydrogen-bond donors (Lipinski definition) is 1. The molecule has 0 aromatic heterocycles. The van der Waals surface area contributed by atoms with Gasteiger partial charge in [0.2, 0.25) is 0 Å². The first-order valence-electron chi connectivity index (χ1n) is 4.99. The maximum Gasteiger partial charge on any atom is 0.0656 e. The maximum atomic E-state index is 10.1. The van der Waals surface area contributed by atoms with Gasteiger partial charge in [-0.25, -0.2) is 0 Å². The second-order valence-electron chi connectivity index (χ2n) is 5.41. The van der Waals surface area contributed by atoms with E-state index in [1.54, 1.807) is 0 Å². The van der Waals surface area contributed by atoms with Crippen LogP contribution in [0.1, 0.15) is 25.7 Å². The van der Waals surface area contributed by atoms with Gasteiger partial charge in [-0.15, -0.1) is 0 Å². The van der Waals surface area contributed by atoms with E-state index in [0.717, 1.165) is 48.9 Å². The summed E-state index contributed by atoms with van der Waals surface area (Å²) in [4.78, 5) is 0. The van der Waals surface area contributed by atoms with Crippen molar-refractivity contribution < 1.29 is 5.11 Å². The highest BCUT2D eigenvalue weighted by molar-refractivity contribution is 5.20. The van der Waals surface area contributed by atoms with Crippen LogP contribution in [0, 0.1) is 29.6 Å². The van der Waals surface area contributed by atoms with Crippen LogP contribution in [-0.2, 0) is 0 Å². The summed E-state index contributed by atoms with van der Waals surface area (Å²) >= 11 is 0. The van der Waals surface area contributed by atoms with Crippen molar-refractivity contribution in [1.82, 2.24) is 0 Å². The van der Waals surface area contributed by atoms with E-state index in [1.165, 1.54) is 6.42 Å². The minimum Gasteiger partial charge on any atom is -0.390 e. The molecular formula is C10H14O. The Hall–Kier alpha value is -0.0400. The van der Waals surface area contributed by atoms with Crippen molar-refractivity contribution in [2.45, 2.75) is 31.3 Å². The molecule has 1 N–H and O–H groups in total. The molecule has 0 heterocycles. The molecule has 1 nitrogen and oxygen atoms in total. The largest absolute Gasteiger partial charge is 0.390 e. The van der Waals surface area contributed by atoms with Crippen molar-refractivity contribution in [2.75, 3.05) is 0 Å². The summed E-state index contributed by atoms with van der Waals surface area (Å²) in [7, 11) is 0. The molecule has 0 saturated heterocycles. The van der Waals surface area contributed by atoms with Crippen LogP contribution in [0.2, 0.25) is 0 Å². The molecule has 0 radical (unpaired) electrons. The monoisotopic (exact) mass is 150 g/mol. The van der Waals surface area contributed by atoms with Crippen LogP contribution in [-0.4, -0.2) is 10.7 Å². The molecule has 0 spiro atoms. The smallest absolute Gasteiger partial charge is 0.0656 e. The van der Waals surface area contributed by atoms with Crippen LogP contribution < -0.4 is 0 Å². The summed E-state index contributed by atoms with van der Waals surface area (Å²) in [5.74, 6) is 5.04. The zero-order valence-electron chi connectivity index (χ0n) is 6.66. The van der Waals surface area contributed by atoms with Crippen molar-refractivity contribution >= 4 is 0 Å². The fourth-order valence-corrected chi connectivity index (χ4v) is 4.83. The predicted molar refractivity (Wildman–Crippen MR) is 40.9 cm³/mol. The van der Waals surface area contributed by atoms with Gasteiger partial charge in [0.05, 0.1) is 5.60 Å². The van der Waals surface area contributed by atoms with E-state index < -0.39 is 0 Å². The van der Waals surface area contributed by atoms with Crippen LogP contribution in [0.25, 0.3) is 0 Å². The molecule has 60 valence electrons. The lowest BCUT2D eigenvalue weighted by Gasteiger charge is -2.44. The van der Waals surface area contributed by atoms with Crippen molar-refractivity contribution in [2.24, 2.45) is 29.6 Å². The number of hydrogen-bond acceptors (Lipinski definition) is 1. The number of aliphatic hydroxyl groups is 1. The highest BCUT2D eigenvalue weighted by Crippen LogP contribution is 2.75. The van der Waals surface area contributed by atoms with Gasteiger partial charge in [-0.2, -0.15) is 0 Å². The molecule has 4 bridgehead atoms. The van der Waals surface area contributed by atoms with Crippen LogP contribution in [0.3, 0.4) is 0 Å². The first kappa shape index (κ1) is 5.58. The Balaban J connectivity index is 1.87. The molecule has 5 rings (SSSR count). The molecule has 11 heavy (non-hydrogen) atoms. The third-order valence-electron chi connectivity index (χ3n) is 4.89. The Morgan fingerprint density at radius 3 is 2.18 bits per heavy atom. The minimum absolute atomic E-state index is 0.179. The van der Waals surface area contributed by atoms with Gasteiger partial charge < -0.3 is 5.11 Å². The molecular weight excluding hydrogens is 136 g/mol. The Bertz CT molecular complexity index is 217. The lowest BCUT2D eigenvalue weighted by Crippen LogP contribution is -2.43. The van der Waals surface area contributed by atoms with E-state index in [-0.39, 0.29) is 5.60 Å². The van der Waals surface area contributed by atoms with Crippen LogP contribution >= 0.6 is 0 Å². The average Bonchev–Trinajstić information content (AvgIpc) is 2.51. The Morgan fingerprint density at radius 1 is 1.00 bits per heavy atom. The summed E-state index contributed by atoms with van der Waals surface area (Å²) in [5, 5.41) is 10.1. The molecule has 0 aromatic carbocycles. The number of rotatable bonds is 0. The third-order valence-corrected chi connectivity index (χ3v) is 4.89. The molecule has 5 saturated carbocycles. The van der Waals surface area contributed by atoms with E-state index in [9.17, 15) is 5.11 Å². The average molecular weight is 150 g/mol. The maximum absolute atomic E-state index is 10.1. The summed E-state index contributed by atoms with van der Waals surface area (Å²) in [5.41, 5.74) is -0.179. The van der Waals surface area contributed by atoms with Gasteiger partial charge in [0.15, 0.2) is 0 Å². The summed E-state index contributed by atoms with van der Waals surface area (Å²) in [6.45, 7) is 0. The summed E-state index contributed by atoms with van der Waals surface area (Å²) in [6.07, 6.45) is 4.94. The molecule has 0 aromatic rings. The van der Waals surface area contributed by atoms with Crippen molar-refractivity contribution in [3.8, 4) is 0 Å². The van der Waals surface area contributed by atoms with Gasteiger partial charge in [0.25, 0.3) is 0 Å². The normalized spacial score (nSPS) is 75.5. The standard InChI is InChI=1S/C10H14O/c11-10-2-5-1-6(3-10)9-7(4-10)8(5)9/h5-9,11H,1-4H2. The molecule has 5 fully saturated rings. The topological polar surface area (TPSA) is 20.2 Å². The van der Waals surface area contributed by atoms with Crippen LogP contribution in [0.4, 0.5) is 0 Å². The molecule has 5 aliphatic carbocycles. The highest BCUT2D eigenvalue weighted by Gasteiger charge is 2.71. The first-order chi connectivity index (χ1) is 5.27. The van der Waals surface area contributed by atoms with Crippen molar-refractivity contribution in [1.29, 1.82) is 0 Å². The van der Waals surface area contributed by atoms with Gasteiger partial charge in [-0.05, 0) is 55.3 Å². The SMILES string of the molecule is OC12CC3CC(C1)C1C(C2)C31. The third kappa shape index (κ3) is 0.462. The van der Waals surface area contributed by atoms with E-state index in [1.807, 2.05) is 0 Å². The van der Waals surface area contributed by atoms with Gasteiger partial charge >= 0.3 is 0 Å². The predicted octanol–water partition coefficient (Wildman–Crippen LogP) is 1.41. The van der Waals surface area contributed by atoms with Crippen LogP contribution in [0.15, 0.2) is 0 Å². The molecule has 4 unspecified atom stereocenters. The van der Waals surface area contributed by atoms with E-state index in [4.69, 9.17) is 0 Å². The van der Waals surface area contributed by atoms with E-state index >= 15 is 0 Å². The van der Waals surface area contributed by atoms with Crippen LogP contribution in [0.5, 0.6) is 0 Å². The van der Waals surface area contributed by atoms with Crippen molar-refractivity contribution in [3.63, 3.8) is 0 Å². The van der Waals surface area contributed by atoms with Gasteiger partial charge in [0.1, 0.15) is 0 Å². The Kier molecular flexibility index (Phi) is 0.651. The minimum atomic E-state index is -0.179. The fourth-order valence-electron chi connectivity index (χ4n) is 4.83. The summed E-state index contributed by atoms with van der Waals surface area (Å²) in [6, 6.07) is 0.